The average molecular weight is 408 g/mol. The number of carbonyl (C=O) groups is 1. The molecule has 0 spiro atoms. The molecule has 2 aromatic rings. The number of benzene rings is 1. The first-order valence-electron chi connectivity index (χ1n) is 9.55. The van der Waals surface area contributed by atoms with Crippen LogP contribution in [0.4, 0.5) is 11.4 Å². The molecule has 0 atom stereocenters. The molecule has 0 saturated heterocycles. The van der Waals surface area contributed by atoms with Crippen molar-refractivity contribution in [1.82, 2.24) is 4.31 Å². The predicted octanol–water partition coefficient (Wildman–Crippen LogP) is 3.72. The summed E-state index contributed by atoms with van der Waals surface area (Å²) < 4.78 is 32.6. The van der Waals surface area contributed by atoms with Gasteiger partial charge in [-0.1, -0.05) is 13.8 Å². The summed E-state index contributed by atoms with van der Waals surface area (Å²) in [7, 11) is -3.64. The Hall–Kier alpha value is -2.32. The fourth-order valence-electron chi connectivity index (χ4n) is 3.07. The molecule has 1 aromatic carbocycles. The van der Waals surface area contributed by atoms with E-state index in [1.54, 1.807) is 45.0 Å². The maximum absolute atomic E-state index is 12.9. The number of furan rings is 1. The number of hydrogen-bond donors (Lipinski definition) is 1. The van der Waals surface area contributed by atoms with Crippen LogP contribution in [0.1, 0.15) is 44.0 Å². The summed E-state index contributed by atoms with van der Waals surface area (Å²) in [5.41, 5.74) is 1.20. The molecule has 0 bridgehead atoms. The van der Waals surface area contributed by atoms with Crippen molar-refractivity contribution < 1.29 is 17.6 Å². The number of sulfonamides is 1. The van der Waals surface area contributed by atoms with Gasteiger partial charge in [-0.15, -0.1) is 0 Å². The van der Waals surface area contributed by atoms with Gasteiger partial charge < -0.3 is 14.6 Å². The van der Waals surface area contributed by atoms with E-state index in [9.17, 15) is 13.2 Å². The lowest BCUT2D eigenvalue weighted by Gasteiger charge is -2.25. The van der Waals surface area contributed by atoms with Gasteiger partial charge in [0.15, 0.2) is 5.76 Å². The molecule has 154 valence electrons. The SMILES string of the molecule is CCN(CC)c1ccc(S(=O)(=O)N(CC)CC)cc1NC(=O)c1ccc(C)o1. The Kier molecular flexibility index (Phi) is 7.26. The maximum Gasteiger partial charge on any atom is 0.291 e. The zero-order chi connectivity index (χ0) is 20.9. The van der Waals surface area contributed by atoms with Crippen molar-refractivity contribution in [3.05, 3.63) is 41.9 Å². The molecule has 0 aliphatic carbocycles. The largest absolute Gasteiger partial charge is 0.456 e. The molecule has 0 aliphatic rings. The van der Waals surface area contributed by atoms with E-state index in [1.165, 1.54) is 10.4 Å². The van der Waals surface area contributed by atoms with Gasteiger partial charge in [0.25, 0.3) is 5.91 Å². The van der Waals surface area contributed by atoms with Crippen LogP contribution in [-0.2, 0) is 10.0 Å². The number of nitrogens with one attached hydrogen (secondary N) is 1. The molecule has 1 heterocycles. The molecule has 2 rings (SSSR count). The minimum absolute atomic E-state index is 0.151. The third-order valence-corrected chi connectivity index (χ3v) is 6.67. The Morgan fingerprint density at radius 3 is 2.14 bits per heavy atom. The van der Waals surface area contributed by atoms with Crippen molar-refractivity contribution in [1.29, 1.82) is 0 Å². The molecular weight excluding hydrogens is 378 g/mol. The molecule has 0 radical (unpaired) electrons. The summed E-state index contributed by atoms with van der Waals surface area (Å²) in [5, 5.41) is 2.82. The van der Waals surface area contributed by atoms with Gasteiger partial charge in [0.1, 0.15) is 5.76 Å². The van der Waals surface area contributed by atoms with Gasteiger partial charge in [-0.2, -0.15) is 4.31 Å². The van der Waals surface area contributed by atoms with Gasteiger partial charge in [-0.25, -0.2) is 8.42 Å². The van der Waals surface area contributed by atoms with Crippen molar-refractivity contribution >= 4 is 27.3 Å². The van der Waals surface area contributed by atoms with Crippen LogP contribution in [0.5, 0.6) is 0 Å². The zero-order valence-electron chi connectivity index (χ0n) is 17.2. The Morgan fingerprint density at radius 1 is 1.00 bits per heavy atom. The van der Waals surface area contributed by atoms with Crippen molar-refractivity contribution in [2.24, 2.45) is 0 Å². The lowest BCUT2D eigenvalue weighted by molar-refractivity contribution is 0.0995. The standard InChI is InChI=1S/C20H29N3O4S/c1-6-22(7-2)18-12-11-16(28(25,26)23(8-3)9-4)14-17(18)21-20(24)19-13-10-15(5)27-19/h10-14H,6-9H2,1-5H3,(H,21,24). The molecule has 28 heavy (non-hydrogen) atoms. The lowest BCUT2D eigenvalue weighted by atomic mass is 10.2. The summed E-state index contributed by atoms with van der Waals surface area (Å²) >= 11 is 0. The molecule has 7 nitrogen and oxygen atoms in total. The summed E-state index contributed by atoms with van der Waals surface area (Å²) in [5.74, 6) is 0.394. The van der Waals surface area contributed by atoms with Crippen LogP contribution in [-0.4, -0.2) is 44.8 Å². The second kappa shape index (κ2) is 9.25. The van der Waals surface area contributed by atoms with Crippen LogP contribution in [0.25, 0.3) is 0 Å². The van der Waals surface area contributed by atoms with Gasteiger partial charge in [-0.05, 0) is 51.1 Å². The van der Waals surface area contributed by atoms with Crippen LogP contribution >= 0.6 is 0 Å². The summed E-state index contributed by atoms with van der Waals surface area (Å²) in [6.07, 6.45) is 0. The van der Waals surface area contributed by atoms with E-state index in [0.717, 1.165) is 18.8 Å². The van der Waals surface area contributed by atoms with Crippen molar-refractivity contribution in [3.8, 4) is 0 Å². The zero-order valence-corrected chi connectivity index (χ0v) is 18.0. The third-order valence-electron chi connectivity index (χ3n) is 4.63. The monoisotopic (exact) mass is 407 g/mol. The molecule has 0 saturated carbocycles. The smallest absolute Gasteiger partial charge is 0.291 e. The molecule has 8 heteroatoms. The van der Waals surface area contributed by atoms with E-state index in [-0.39, 0.29) is 10.7 Å². The van der Waals surface area contributed by atoms with Crippen molar-refractivity contribution in [3.63, 3.8) is 0 Å². The van der Waals surface area contributed by atoms with Crippen LogP contribution in [0.3, 0.4) is 0 Å². The number of anilines is 2. The molecule has 1 N–H and O–H groups in total. The van der Waals surface area contributed by atoms with Gasteiger partial charge in [0.05, 0.1) is 16.3 Å². The highest BCUT2D eigenvalue weighted by atomic mass is 32.2. The van der Waals surface area contributed by atoms with E-state index in [2.05, 4.69) is 10.2 Å². The first kappa shape index (κ1) is 22.0. The minimum Gasteiger partial charge on any atom is -0.456 e. The normalized spacial score (nSPS) is 11.6. The summed E-state index contributed by atoms with van der Waals surface area (Å²) in [6.45, 7) is 11.6. The van der Waals surface area contributed by atoms with Crippen molar-refractivity contribution in [2.75, 3.05) is 36.4 Å². The lowest BCUT2D eigenvalue weighted by Crippen LogP contribution is -2.31. The maximum atomic E-state index is 12.9. The van der Waals surface area contributed by atoms with E-state index in [4.69, 9.17) is 4.42 Å². The highest BCUT2D eigenvalue weighted by Gasteiger charge is 2.24. The Bertz CT molecular complexity index is 913. The molecular formula is C20H29N3O4S. The molecule has 1 aromatic heterocycles. The Morgan fingerprint density at radius 2 is 1.64 bits per heavy atom. The second-order valence-electron chi connectivity index (χ2n) is 6.30. The number of amides is 1. The third kappa shape index (κ3) is 4.56. The summed E-state index contributed by atoms with van der Waals surface area (Å²) in [6, 6.07) is 8.16. The van der Waals surface area contributed by atoms with Crippen LogP contribution in [0, 0.1) is 6.92 Å². The molecule has 0 fully saturated rings. The van der Waals surface area contributed by atoms with E-state index < -0.39 is 15.9 Å². The number of aryl methyl sites for hydroxylation is 1. The molecule has 0 aliphatic heterocycles. The predicted molar refractivity (Wildman–Crippen MR) is 112 cm³/mol. The topological polar surface area (TPSA) is 82.9 Å². The first-order chi connectivity index (χ1) is 13.3. The van der Waals surface area contributed by atoms with Crippen LogP contribution < -0.4 is 10.2 Å². The molecule has 0 unspecified atom stereocenters. The van der Waals surface area contributed by atoms with E-state index in [0.29, 0.717) is 24.5 Å². The number of hydrogen-bond acceptors (Lipinski definition) is 5. The van der Waals surface area contributed by atoms with Gasteiger partial charge in [-0.3, -0.25) is 4.79 Å². The highest BCUT2D eigenvalue weighted by Crippen LogP contribution is 2.30. The van der Waals surface area contributed by atoms with Gasteiger partial charge in [0, 0.05) is 26.2 Å². The quantitative estimate of drug-likeness (QED) is 0.685. The first-order valence-corrected chi connectivity index (χ1v) is 11.0. The van der Waals surface area contributed by atoms with Crippen molar-refractivity contribution in [2.45, 2.75) is 39.5 Å². The average Bonchev–Trinajstić information content (AvgIpc) is 3.11. The number of rotatable bonds is 9. The van der Waals surface area contributed by atoms with Crippen LogP contribution in [0.15, 0.2) is 39.6 Å². The fourth-order valence-corrected chi connectivity index (χ4v) is 4.55. The Balaban J connectivity index is 2.50. The Labute approximate surface area is 167 Å². The van der Waals surface area contributed by atoms with Crippen LogP contribution in [0.2, 0.25) is 0 Å². The number of carbonyl (C=O) groups excluding carboxylic acids is 1. The summed E-state index contributed by atoms with van der Waals surface area (Å²) in [4.78, 5) is 14.8. The minimum atomic E-state index is -3.64. The molecule has 1 amide bonds. The number of nitrogens with zero attached hydrogens (tertiary/aromatic N) is 2. The fraction of sp³-hybridized carbons (Fsp3) is 0.450. The second-order valence-corrected chi connectivity index (χ2v) is 8.24. The van der Waals surface area contributed by atoms with Gasteiger partial charge >= 0.3 is 0 Å². The van der Waals surface area contributed by atoms with Gasteiger partial charge in [0.2, 0.25) is 10.0 Å². The highest BCUT2D eigenvalue weighted by molar-refractivity contribution is 7.89. The van der Waals surface area contributed by atoms with E-state index in [1.807, 2.05) is 13.8 Å². The van der Waals surface area contributed by atoms with E-state index >= 15 is 0 Å².